The van der Waals surface area contributed by atoms with Gasteiger partial charge in [-0.3, -0.25) is 9.52 Å². The number of nitrogens with one attached hydrogen (secondary N) is 1. The van der Waals surface area contributed by atoms with Crippen molar-refractivity contribution in [1.29, 1.82) is 0 Å². The van der Waals surface area contributed by atoms with Crippen LogP contribution in [0.4, 0.5) is 5.13 Å². The number of sulfonamides is 1. The van der Waals surface area contributed by atoms with Crippen LogP contribution in [0, 0.1) is 35.5 Å². The molecule has 0 bridgehead atoms. The summed E-state index contributed by atoms with van der Waals surface area (Å²) in [5.41, 5.74) is 0.647. The van der Waals surface area contributed by atoms with Crippen molar-refractivity contribution in [3.63, 3.8) is 0 Å². The molecule has 1 saturated carbocycles. The molecule has 7 nitrogen and oxygen atoms in total. The lowest BCUT2D eigenvalue weighted by Crippen LogP contribution is -2.53. The Hall–Kier alpha value is -2.12. The first-order valence-electron chi connectivity index (χ1n) is 12.0. The monoisotopic (exact) mass is 549 g/mol. The average molecular weight is 550 g/mol. The molecule has 0 saturated heterocycles. The number of carbonyl (C=O) groups is 1. The highest BCUT2D eigenvalue weighted by Gasteiger charge is 2.54. The van der Waals surface area contributed by atoms with Crippen molar-refractivity contribution in [2.75, 3.05) is 18.3 Å². The number of terminal acetylenes is 1. The molecule has 4 rings (SSSR count). The molecule has 10 heteroatoms. The van der Waals surface area contributed by atoms with Crippen LogP contribution in [0.5, 0.6) is 0 Å². The van der Waals surface area contributed by atoms with Crippen LogP contribution < -0.4 is 4.72 Å². The Morgan fingerprint density at radius 1 is 1.42 bits per heavy atom. The van der Waals surface area contributed by atoms with E-state index in [2.05, 4.69) is 22.6 Å². The van der Waals surface area contributed by atoms with Crippen LogP contribution in [0.1, 0.15) is 50.1 Å². The van der Waals surface area contributed by atoms with Gasteiger partial charge in [0.15, 0.2) is 5.13 Å². The van der Waals surface area contributed by atoms with Crippen molar-refractivity contribution < 1.29 is 18.3 Å². The van der Waals surface area contributed by atoms with E-state index < -0.39 is 16.1 Å². The van der Waals surface area contributed by atoms with Gasteiger partial charge >= 0.3 is 0 Å². The van der Waals surface area contributed by atoms with Crippen LogP contribution in [0.3, 0.4) is 0 Å². The van der Waals surface area contributed by atoms with Crippen molar-refractivity contribution in [2.24, 2.45) is 23.2 Å². The van der Waals surface area contributed by atoms with Gasteiger partial charge in [0.05, 0.1) is 23.2 Å². The molecule has 1 aromatic carbocycles. The Morgan fingerprint density at radius 3 is 2.72 bits per heavy atom. The molecule has 0 spiro atoms. The van der Waals surface area contributed by atoms with E-state index in [0.717, 1.165) is 23.4 Å². The van der Waals surface area contributed by atoms with Gasteiger partial charge in [0, 0.05) is 28.8 Å². The number of fused-ring (bicyclic) bond motifs is 2. The predicted molar refractivity (Wildman–Crippen MR) is 142 cm³/mol. The highest BCUT2D eigenvalue weighted by atomic mass is 35.5. The summed E-state index contributed by atoms with van der Waals surface area (Å²) in [7, 11) is -2.12. The maximum Gasteiger partial charge on any atom is 0.263 e. The van der Waals surface area contributed by atoms with Crippen molar-refractivity contribution in [3.8, 4) is 12.3 Å². The van der Waals surface area contributed by atoms with E-state index in [-0.39, 0.29) is 46.4 Å². The Morgan fingerprint density at radius 2 is 2.08 bits per heavy atom. The number of hydrogen-bond acceptors (Lipinski definition) is 6. The van der Waals surface area contributed by atoms with E-state index in [0.29, 0.717) is 16.6 Å². The Bertz CT molecular complexity index is 1290. The van der Waals surface area contributed by atoms with Gasteiger partial charge in [0.25, 0.3) is 10.0 Å². The lowest BCUT2D eigenvalue weighted by molar-refractivity contribution is -0.142. The maximum atomic E-state index is 12.9. The number of carbonyl (C=O) groups excluding carboxylic acids is 1. The van der Waals surface area contributed by atoms with Crippen LogP contribution in [0.2, 0.25) is 5.02 Å². The number of rotatable bonds is 6. The second-order valence-corrected chi connectivity index (χ2v) is 13.6. The first-order valence-corrected chi connectivity index (χ1v) is 14.7. The summed E-state index contributed by atoms with van der Waals surface area (Å²) in [5.74, 6) is 1.72. The number of hydrogen-bond donors (Lipinski definition) is 2. The fourth-order valence-corrected chi connectivity index (χ4v) is 8.75. The number of aliphatic hydroxyl groups excluding tert-OH is 1. The standard InChI is InChI=1S/C26H32ClN3O4S2/c1-6-13-30(5)24(32)15(2)19-11-12-26(4)14-20-22(16(3)21(26)23(19)31)28-25(35-20)29-36(33,34)18-9-7-17(27)8-10-18/h1,7-10,15-16,19,21,23,31H,11-14H2,2-5H3,(H,28,29)/t15-,16-,19?,21+,23-,26-/m0/s1. The zero-order chi connectivity index (χ0) is 26.4. The van der Waals surface area contributed by atoms with Gasteiger partial charge in [-0.15, -0.1) is 17.8 Å². The number of aliphatic hydroxyl groups is 1. The number of thiazole rings is 1. The topological polar surface area (TPSA) is 99.6 Å². The number of nitrogens with zero attached hydrogens (tertiary/aromatic N) is 2. The maximum absolute atomic E-state index is 12.9. The molecule has 1 unspecified atom stereocenters. The molecule has 2 aromatic rings. The third-order valence-corrected chi connectivity index (χ3v) is 10.7. The summed E-state index contributed by atoms with van der Waals surface area (Å²) in [6, 6.07) is 5.97. The molecule has 1 heterocycles. The van der Waals surface area contributed by atoms with E-state index in [4.69, 9.17) is 18.0 Å². The minimum absolute atomic E-state index is 0.0581. The van der Waals surface area contributed by atoms with Gasteiger partial charge in [-0.05, 0) is 60.8 Å². The third-order valence-electron chi connectivity index (χ3n) is 8.00. The van der Waals surface area contributed by atoms with E-state index in [9.17, 15) is 18.3 Å². The van der Waals surface area contributed by atoms with Crippen molar-refractivity contribution >= 4 is 44.0 Å². The second kappa shape index (κ2) is 9.97. The zero-order valence-electron chi connectivity index (χ0n) is 20.9. The van der Waals surface area contributed by atoms with E-state index in [1.807, 2.05) is 13.8 Å². The minimum Gasteiger partial charge on any atom is -0.392 e. The molecule has 2 aliphatic carbocycles. The summed E-state index contributed by atoms with van der Waals surface area (Å²) in [4.78, 5) is 20.3. The number of aromatic nitrogens is 1. The Kier molecular flexibility index (Phi) is 7.46. The summed E-state index contributed by atoms with van der Waals surface area (Å²) in [6.45, 7) is 6.34. The lowest BCUT2D eigenvalue weighted by atomic mass is 9.53. The minimum atomic E-state index is -3.81. The molecular weight excluding hydrogens is 518 g/mol. The predicted octanol–water partition coefficient (Wildman–Crippen LogP) is 4.38. The molecule has 6 atom stereocenters. The first kappa shape index (κ1) is 26.9. The number of halogens is 1. The van der Waals surface area contributed by atoms with E-state index in [1.165, 1.54) is 40.5 Å². The first-order chi connectivity index (χ1) is 16.9. The van der Waals surface area contributed by atoms with Gasteiger partial charge in [-0.2, -0.15) is 0 Å². The van der Waals surface area contributed by atoms with Gasteiger partial charge in [0.1, 0.15) is 0 Å². The van der Waals surface area contributed by atoms with Crippen molar-refractivity contribution in [3.05, 3.63) is 39.9 Å². The number of anilines is 1. The summed E-state index contributed by atoms with van der Waals surface area (Å²) < 4.78 is 28.4. The molecule has 1 aromatic heterocycles. The fourth-order valence-electron chi connectivity index (χ4n) is 6.12. The number of amides is 1. The molecule has 36 heavy (non-hydrogen) atoms. The molecule has 194 valence electrons. The van der Waals surface area contributed by atoms with Crippen LogP contribution in [-0.2, 0) is 21.2 Å². The van der Waals surface area contributed by atoms with Crippen LogP contribution in [0.25, 0.3) is 0 Å². The highest BCUT2D eigenvalue weighted by Crippen LogP contribution is 2.57. The zero-order valence-corrected chi connectivity index (χ0v) is 23.3. The Labute approximate surface area is 222 Å². The fraction of sp³-hybridized carbons (Fsp3) is 0.538. The second-order valence-electron chi connectivity index (χ2n) is 10.4. The van der Waals surface area contributed by atoms with Crippen molar-refractivity contribution in [1.82, 2.24) is 9.88 Å². The normalized spacial score (nSPS) is 28.4. The van der Waals surface area contributed by atoms with Crippen LogP contribution in [-0.4, -0.2) is 49.0 Å². The summed E-state index contributed by atoms with van der Waals surface area (Å²) >= 11 is 7.25. The molecule has 1 fully saturated rings. The van der Waals surface area contributed by atoms with Gasteiger partial charge < -0.3 is 10.0 Å². The molecule has 1 amide bonds. The summed E-state index contributed by atoms with van der Waals surface area (Å²) in [5, 5.41) is 12.3. The van der Waals surface area contributed by atoms with Crippen molar-refractivity contribution in [2.45, 2.75) is 57.0 Å². The quantitative estimate of drug-likeness (QED) is 0.521. The van der Waals surface area contributed by atoms with Gasteiger partial charge in [-0.1, -0.05) is 38.3 Å². The smallest absolute Gasteiger partial charge is 0.263 e. The van der Waals surface area contributed by atoms with Crippen LogP contribution in [0.15, 0.2) is 29.2 Å². The van der Waals surface area contributed by atoms with Gasteiger partial charge in [0.2, 0.25) is 5.91 Å². The largest absolute Gasteiger partial charge is 0.392 e. The molecule has 0 radical (unpaired) electrons. The molecular formula is C26H32ClN3O4S2. The third kappa shape index (κ3) is 4.89. The number of benzene rings is 1. The van der Waals surface area contributed by atoms with E-state index >= 15 is 0 Å². The van der Waals surface area contributed by atoms with Crippen LogP contribution >= 0.6 is 22.9 Å². The summed E-state index contributed by atoms with van der Waals surface area (Å²) in [6.07, 6.45) is 7.01. The molecule has 2 aliphatic rings. The average Bonchev–Trinajstić information content (AvgIpc) is 3.19. The Balaban J connectivity index is 1.58. The molecule has 0 aliphatic heterocycles. The highest BCUT2D eigenvalue weighted by molar-refractivity contribution is 7.93. The van der Waals surface area contributed by atoms with Gasteiger partial charge in [-0.25, -0.2) is 13.4 Å². The molecule has 2 N–H and O–H groups in total. The van der Waals surface area contributed by atoms with E-state index in [1.54, 1.807) is 7.05 Å². The lowest BCUT2D eigenvalue weighted by Gasteiger charge is -2.53. The SMILES string of the molecule is C#CCN(C)C(=O)[C@@H](C)C1CC[C@@]2(C)Cc3sc(NS(=O)(=O)c4ccc(Cl)cc4)nc3[C@@H](C)[C@@H]2[C@H]1O.